The van der Waals surface area contributed by atoms with E-state index in [-0.39, 0.29) is 22.4 Å². The molecule has 2 unspecified atom stereocenters. The number of benzene rings is 1. The summed E-state index contributed by atoms with van der Waals surface area (Å²) in [7, 11) is 0. The molecule has 1 fully saturated rings. The zero-order chi connectivity index (χ0) is 16.0. The molecule has 2 aliphatic rings. The van der Waals surface area contributed by atoms with E-state index in [4.69, 9.17) is 0 Å². The summed E-state index contributed by atoms with van der Waals surface area (Å²) >= 11 is 0. The van der Waals surface area contributed by atoms with Crippen molar-refractivity contribution in [3.8, 4) is 5.75 Å². The molecule has 0 spiro atoms. The predicted molar refractivity (Wildman–Crippen MR) is 92.1 cm³/mol. The molecule has 0 radical (unpaired) electrons. The van der Waals surface area contributed by atoms with E-state index in [9.17, 15) is 5.11 Å². The van der Waals surface area contributed by atoms with Crippen LogP contribution in [0.15, 0.2) is 30.9 Å². The van der Waals surface area contributed by atoms with Crippen molar-refractivity contribution in [1.29, 1.82) is 0 Å². The maximum atomic E-state index is 9.94. The number of aromatic hydroxyl groups is 1. The third kappa shape index (κ3) is 2.76. The molecular weight excluding hydrogens is 350 g/mol. The van der Waals surface area contributed by atoms with Gasteiger partial charge in [-0.1, -0.05) is 33.4 Å². The molecular formula is C20H30BrNO. The monoisotopic (exact) mass is 379 g/mol. The fourth-order valence-electron chi connectivity index (χ4n) is 5.30. The van der Waals surface area contributed by atoms with E-state index in [1.807, 2.05) is 12.1 Å². The molecule has 0 amide bonds. The van der Waals surface area contributed by atoms with Crippen LogP contribution in [0, 0.1) is 5.92 Å². The Hall–Kier alpha value is -0.800. The maximum Gasteiger partial charge on any atom is 0.115 e. The third-order valence-corrected chi connectivity index (χ3v) is 6.66. The number of piperidine rings is 1. The summed E-state index contributed by atoms with van der Waals surface area (Å²) in [5, 5.41) is 9.94. The molecule has 2 nitrogen and oxygen atoms in total. The number of nitrogens with zero attached hydrogens (tertiary/aromatic N) is 1. The lowest BCUT2D eigenvalue weighted by atomic mass is 9.58. The minimum absolute atomic E-state index is 0. The summed E-state index contributed by atoms with van der Waals surface area (Å²) in [4.78, 5) is 0. The van der Waals surface area contributed by atoms with Gasteiger partial charge in [0.15, 0.2) is 0 Å². The van der Waals surface area contributed by atoms with E-state index in [2.05, 4.69) is 39.5 Å². The van der Waals surface area contributed by atoms with Crippen LogP contribution in [0.4, 0.5) is 0 Å². The Balaban J connectivity index is 0.00000192. The Kier molecular flexibility index (Phi) is 5.32. The summed E-state index contributed by atoms with van der Waals surface area (Å²) in [5.74, 6) is 1.05. The van der Waals surface area contributed by atoms with Gasteiger partial charge in [-0.25, -0.2) is 0 Å². The van der Waals surface area contributed by atoms with Crippen LogP contribution < -0.4 is 17.0 Å². The van der Waals surface area contributed by atoms with Crippen molar-refractivity contribution in [1.82, 2.24) is 0 Å². The van der Waals surface area contributed by atoms with Gasteiger partial charge < -0.3 is 26.6 Å². The largest absolute Gasteiger partial charge is 1.00 e. The van der Waals surface area contributed by atoms with Gasteiger partial charge in [0.2, 0.25) is 0 Å². The van der Waals surface area contributed by atoms with Crippen molar-refractivity contribution in [3.05, 3.63) is 42.0 Å². The first kappa shape index (κ1) is 18.5. The zero-order valence-electron chi connectivity index (χ0n) is 14.7. The van der Waals surface area contributed by atoms with Gasteiger partial charge in [-0.3, -0.25) is 0 Å². The van der Waals surface area contributed by atoms with Gasteiger partial charge in [-0.2, -0.15) is 0 Å². The molecule has 1 N–H and O–H groups in total. The van der Waals surface area contributed by atoms with Crippen molar-refractivity contribution in [2.24, 2.45) is 5.92 Å². The lowest BCUT2D eigenvalue weighted by Crippen LogP contribution is -3.00. The molecule has 1 aliphatic carbocycles. The van der Waals surface area contributed by atoms with Gasteiger partial charge in [0, 0.05) is 24.2 Å². The number of halogens is 1. The van der Waals surface area contributed by atoms with Crippen LogP contribution >= 0.6 is 0 Å². The standard InChI is InChI=1S/C20H29NO.BrH/c1-5-10-21(11-6-2)12-9-20(4)15(3)19(21)13-16-7-8-17(22)14-18(16)20;/h5,7-8,14-15,19H,1,6,9-13H2,2-4H3;1H/t15?,19-,20+,21?;/m1./s1. The minimum Gasteiger partial charge on any atom is -1.00 e. The van der Waals surface area contributed by atoms with Crippen molar-refractivity contribution in [2.45, 2.75) is 51.5 Å². The average Bonchev–Trinajstić information content (AvgIpc) is 2.48. The van der Waals surface area contributed by atoms with Crippen LogP contribution in [0.3, 0.4) is 0 Å². The molecule has 128 valence electrons. The van der Waals surface area contributed by atoms with Gasteiger partial charge in [0.25, 0.3) is 0 Å². The van der Waals surface area contributed by atoms with Gasteiger partial charge in [-0.15, -0.1) is 0 Å². The van der Waals surface area contributed by atoms with E-state index >= 15 is 0 Å². The van der Waals surface area contributed by atoms with E-state index in [0.29, 0.717) is 17.7 Å². The first-order chi connectivity index (χ1) is 10.5. The lowest BCUT2D eigenvalue weighted by Gasteiger charge is -2.59. The van der Waals surface area contributed by atoms with E-state index < -0.39 is 0 Å². The Morgan fingerprint density at radius 3 is 2.83 bits per heavy atom. The van der Waals surface area contributed by atoms with E-state index in [0.717, 1.165) is 13.0 Å². The summed E-state index contributed by atoms with van der Waals surface area (Å²) in [5.41, 5.74) is 3.04. The van der Waals surface area contributed by atoms with Crippen molar-refractivity contribution in [2.75, 3.05) is 19.6 Å². The van der Waals surface area contributed by atoms with Crippen LogP contribution in [-0.4, -0.2) is 35.3 Å². The molecule has 3 rings (SSSR count). The summed E-state index contributed by atoms with van der Waals surface area (Å²) in [6.45, 7) is 14.8. The maximum absolute atomic E-state index is 9.94. The smallest absolute Gasteiger partial charge is 0.115 e. The number of hydrogen-bond acceptors (Lipinski definition) is 1. The molecule has 1 aromatic rings. The molecule has 1 aliphatic heterocycles. The second-order valence-corrected chi connectivity index (χ2v) is 7.71. The van der Waals surface area contributed by atoms with E-state index in [1.165, 1.54) is 41.5 Å². The second kappa shape index (κ2) is 6.60. The van der Waals surface area contributed by atoms with Crippen LogP contribution in [0.25, 0.3) is 0 Å². The average molecular weight is 380 g/mol. The minimum atomic E-state index is 0. The summed E-state index contributed by atoms with van der Waals surface area (Å²) in [6.07, 6.45) is 5.70. The zero-order valence-corrected chi connectivity index (χ0v) is 16.3. The van der Waals surface area contributed by atoms with Gasteiger partial charge in [0.1, 0.15) is 5.75 Å². The predicted octanol–water partition coefficient (Wildman–Crippen LogP) is 1.03. The van der Waals surface area contributed by atoms with Crippen LogP contribution in [0.5, 0.6) is 5.75 Å². The second-order valence-electron chi connectivity index (χ2n) is 7.71. The van der Waals surface area contributed by atoms with Crippen molar-refractivity contribution >= 4 is 0 Å². The molecule has 1 heterocycles. The van der Waals surface area contributed by atoms with Crippen LogP contribution in [0.2, 0.25) is 0 Å². The third-order valence-electron chi connectivity index (χ3n) is 6.66. The van der Waals surface area contributed by atoms with Gasteiger partial charge in [-0.05, 0) is 35.8 Å². The quantitative estimate of drug-likeness (QED) is 0.611. The number of likely N-dealkylation sites (tertiary alicyclic amines) is 1. The first-order valence-corrected chi connectivity index (χ1v) is 8.76. The molecule has 2 bridgehead atoms. The molecule has 3 heteroatoms. The van der Waals surface area contributed by atoms with Crippen molar-refractivity contribution < 1.29 is 26.6 Å². The number of phenolic OH excluding ortho intramolecular Hbond substituents is 1. The number of rotatable bonds is 4. The number of hydrogen-bond donors (Lipinski definition) is 1. The molecule has 1 saturated heterocycles. The molecule has 0 saturated carbocycles. The normalized spacial score (nSPS) is 35.1. The Bertz CT molecular complexity index is 587. The summed E-state index contributed by atoms with van der Waals surface area (Å²) < 4.78 is 1.21. The highest BCUT2D eigenvalue weighted by atomic mass is 79.9. The SMILES string of the molecule is C=CC[N+]1(CCC)CC[C@]2(C)c3cc(O)ccc3C[C@@H]1C2C.[Br-]. The molecule has 1 aromatic carbocycles. The Morgan fingerprint density at radius 2 is 2.17 bits per heavy atom. The number of quaternary nitrogens is 1. The van der Waals surface area contributed by atoms with Crippen LogP contribution in [0.1, 0.15) is 44.7 Å². The fourth-order valence-corrected chi connectivity index (χ4v) is 5.30. The van der Waals surface area contributed by atoms with E-state index in [1.54, 1.807) is 0 Å². The molecule has 4 atom stereocenters. The van der Waals surface area contributed by atoms with Crippen molar-refractivity contribution in [3.63, 3.8) is 0 Å². The highest BCUT2D eigenvalue weighted by Gasteiger charge is 2.55. The van der Waals surface area contributed by atoms with Gasteiger partial charge in [0.05, 0.1) is 25.7 Å². The highest BCUT2D eigenvalue weighted by Crippen LogP contribution is 2.51. The lowest BCUT2D eigenvalue weighted by molar-refractivity contribution is -0.956. The highest BCUT2D eigenvalue weighted by molar-refractivity contribution is 5.43. The Labute approximate surface area is 151 Å². The first-order valence-electron chi connectivity index (χ1n) is 8.76. The van der Waals surface area contributed by atoms with Gasteiger partial charge >= 0.3 is 0 Å². The Morgan fingerprint density at radius 1 is 1.43 bits per heavy atom. The number of fused-ring (bicyclic) bond motifs is 4. The fraction of sp³-hybridized carbons (Fsp3) is 0.600. The topological polar surface area (TPSA) is 20.2 Å². The van der Waals surface area contributed by atoms with Crippen LogP contribution in [-0.2, 0) is 11.8 Å². The number of phenols is 1. The molecule has 0 aromatic heterocycles. The summed E-state index contributed by atoms with van der Waals surface area (Å²) in [6, 6.07) is 6.71. The molecule has 23 heavy (non-hydrogen) atoms.